The van der Waals surface area contributed by atoms with Crippen LogP contribution in [0.2, 0.25) is 0 Å². The lowest BCUT2D eigenvalue weighted by molar-refractivity contribution is 0.903. The number of nitrogens with zero attached hydrogens (tertiary/aromatic N) is 1. The van der Waals surface area contributed by atoms with Crippen LogP contribution in [-0.4, -0.2) is 4.57 Å². The standard InChI is InChI=1S/C12H15N.C2H6/c1-3-6-10-9-13(2)12-8-5-4-7-11(10)12;1-2/h4-5,7-9H,3,6H2,1-2H3;1-2H3. The van der Waals surface area contributed by atoms with Crippen LogP contribution in [0.15, 0.2) is 30.5 Å². The highest BCUT2D eigenvalue weighted by Crippen LogP contribution is 2.21. The van der Waals surface area contributed by atoms with Crippen molar-refractivity contribution in [2.24, 2.45) is 7.05 Å². The van der Waals surface area contributed by atoms with E-state index in [2.05, 4.69) is 49.0 Å². The summed E-state index contributed by atoms with van der Waals surface area (Å²) >= 11 is 0. The van der Waals surface area contributed by atoms with Gasteiger partial charge in [0.2, 0.25) is 0 Å². The summed E-state index contributed by atoms with van der Waals surface area (Å²) in [4.78, 5) is 0. The predicted octanol–water partition coefficient (Wildman–Crippen LogP) is 4.16. The first kappa shape index (κ1) is 11.8. The Morgan fingerprint density at radius 3 is 2.47 bits per heavy atom. The topological polar surface area (TPSA) is 4.93 Å². The van der Waals surface area contributed by atoms with Gasteiger partial charge in [-0.05, 0) is 18.1 Å². The van der Waals surface area contributed by atoms with Crippen LogP contribution in [0.5, 0.6) is 0 Å². The van der Waals surface area contributed by atoms with Crippen LogP contribution in [0.1, 0.15) is 32.8 Å². The molecule has 0 N–H and O–H groups in total. The summed E-state index contributed by atoms with van der Waals surface area (Å²) in [6.45, 7) is 6.22. The van der Waals surface area contributed by atoms with E-state index in [1.165, 1.54) is 29.3 Å². The molecule has 0 aliphatic carbocycles. The second-order valence-electron chi connectivity index (χ2n) is 3.53. The fourth-order valence-corrected chi connectivity index (χ4v) is 1.89. The third kappa shape index (κ3) is 2.41. The fraction of sp³-hybridized carbons (Fsp3) is 0.429. The molecule has 0 aliphatic heterocycles. The number of hydrogen-bond acceptors (Lipinski definition) is 0. The zero-order chi connectivity index (χ0) is 11.3. The lowest BCUT2D eigenvalue weighted by Gasteiger charge is -1.94. The molecule has 0 saturated carbocycles. The Hall–Kier alpha value is -1.24. The second kappa shape index (κ2) is 5.59. The van der Waals surface area contributed by atoms with Crippen LogP contribution in [0, 0.1) is 0 Å². The molecule has 1 nitrogen and oxygen atoms in total. The molecule has 0 saturated heterocycles. The van der Waals surface area contributed by atoms with Crippen molar-refractivity contribution in [2.45, 2.75) is 33.6 Å². The van der Waals surface area contributed by atoms with Crippen LogP contribution in [0.4, 0.5) is 0 Å². The van der Waals surface area contributed by atoms with E-state index >= 15 is 0 Å². The minimum Gasteiger partial charge on any atom is -0.350 e. The van der Waals surface area contributed by atoms with E-state index in [1.54, 1.807) is 0 Å². The van der Waals surface area contributed by atoms with Crippen molar-refractivity contribution in [3.05, 3.63) is 36.0 Å². The Morgan fingerprint density at radius 2 is 1.80 bits per heavy atom. The molecule has 1 aromatic heterocycles. The molecule has 0 spiro atoms. The van der Waals surface area contributed by atoms with E-state index in [4.69, 9.17) is 0 Å². The molecule has 1 heteroatoms. The van der Waals surface area contributed by atoms with Gasteiger partial charge in [0.05, 0.1) is 0 Å². The molecule has 82 valence electrons. The van der Waals surface area contributed by atoms with Gasteiger partial charge in [0.1, 0.15) is 0 Å². The lowest BCUT2D eigenvalue weighted by Crippen LogP contribution is -1.82. The number of fused-ring (bicyclic) bond motifs is 1. The molecule has 2 aromatic rings. The molecule has 0 aliphatic rings. The summed E-state index contributed by atoms with van der Waals surface area (Å²) < 4.78 is 2.21. The van der Waals surface area contributed by atoms with Gasteiger partial charge in [-0.3, -0.25) is 0 Å². The highest BCUT2D eigenvalue weighted by Gasteiger charge is 2.03. The highest BCUT2D eigenvalue weighted by atomic mass is 14.9. The summed E-state index contributed by atoms with van der Waals surface area (Å²) in [5.41, 5.74) is 2.81. The van der Waals surface area contributed by atoms with Crippen molar-refractivity contribution in [2.75, 3.05) is 0 Å². The van der Waals surface area contributed by atoms with E-state index < -0.39 is 0 Å². The molecule has 1 aromatic carbocycles. The van der Waals surface area contributed by atoms with E-state index in [1.807, 2.05) is 13.8 Å². The summed E-state index contributed by atoms with van der Waals surface area (Å²) in [6.07, 6.45) is 4.64. The van der Waals surface area contributed by atoms with Crippen LogP contribution < -0.4 is 0 Å². The molecule has 0 amide bonds. The van der Waals surface area contributed by atoms with Crippen LogP contribution in [-0.2, 0) is 13.5 Å². The molecular weight excluding hydrogens is 182 g/mol. The number of para-hydroxylation sites is 1. The molecular formula is C14H21N. The van der Waals surface area contributed by atoms with Crippen molar-refractivity contribution in [3.63, 3.8) is 0 Å². The largest absolute Gasteiger partial charge is 0.350 e. The number of aromatic nitrogens is 1. The average Bonchev–Trinajstić information content (AvgIpc) is 2.61. The van der Waals surface area contributed by atoms with Crippen molar-refractivity contribution in [1.29, 1.82) is 0 Å². The van der Waals surface area contributed by atoms with Gasteiger partial charge in [0, 0.05) is 24.1 Å². The van der Waals surface area contributed by atoms with Crippen molar-refractivity contribution in [3.8, 4) is 0 Å². The minimum absolute atomic E-state index is 1.18. The van der Waals surface area contributed by atoms with Gasteiger partial charge >= 0.3 is 0 Å². The van der Waals surface area contributed by atoms with Crippen LogP contribution in [0.25, 0.3) is 10.9 Å². The molecule has 0 unspecified atom stereocenters. The van der Waals surface area contributed by atoms with Gasteiger partial charge in [0.15, 0.2) is 0 Å². The predicted molar refractivity (Wildman–Crippen MR) is 68.3 cm³/mol. The zero-order valence-corrected chi connectivity index (χ0v) is 10.2. The van der Waals surface area contributed by atoms with E-state index in [0.29, 0.717) is 0 Å². The van der Waals surface area contributed by atoms with E-state index in [-0.39, 0.29) is 0 Å². The van der Waals surface area contributed by atoms with Crippen molar-refractivity contribution >= 4 is 10.9 Å². The van der Waals surface area contributed by atoms with Gasteiger partial charge in [-0.2, -0.15) is 0 Å². The molecule has 1 heterocycles. The molecule has 15 heavy (non-hydrogen) atoms. The lowest BCUT2D eigenvalue weighted by atomic mass is 10.1. The Balaban J connectivity index is 0.000000531. The zero-order valence-electron chi connectivity index (χ0n) is 10.2. The van der Waals surface area contributed by atoms with E-state index in [0.717, 1.165) is 0 Å². The first-order chi connectivity index (χ1) is 7.33. The third-order valence-corrected chi connectivity index (χ3v) is 2.50. The molecule has 0 bridgehead atoms. The maximum Gasteiger partial charge on any atom is 0.0480 e. The summed E-state index contributed by atoms with van der Waals surface area (Å²) in [7, 11) is 2.11. The highest BCUT2D eigenvalue weighted by molar-refractivity contribution is 5.83. The average molecular weight is 203 g/mol. The van der Waals surface area contributed by atoms with Crippen LogP contribution >= 0.6 is 0 Å². The number of rotatable bonds is 2. The molecule has 0 atom stereocenters. The van der Waals surface area contributed by atoms with Crippen molar-refractivity contribution < 1.29 is 0 Å². The summed E-state index contributed by atoms with van der Waals surface area (Å²) in [6, 6.07) is 8.59. The monoisotopic (exact) mass is 203 g/mol. The van der Waals surface area contributed by atoms with Crippen LogP contribution in [0.3, 0.4) is 0 Å². The number of hydrogen-bond donors (Lipinski definition) is 0. The third-order valence-electron chi connectivity index (χ3n) is 2.50. The van der Waals surface area contributed by atoms with Gasteiger partial charge in [0.25, 0.3) is 0 Å². The Morgan fingerprint density at radius 1 is 1.13 bits per heavy atom. The second-order valence-corrected chi connectivity index (χ2v) is 3.53. The normalized spacial score (nSPS) is 9.87. The van der Waals surface area contributed by atoms with Gasteiger partial charge in [-0.25, -0.2) is 0 Å². The molecule has 0 fully saturated rings. The number of benzene rings is 1. The molecule has 0 radical (unpaired) electrons. The van der Waals surface area contributed by atoms with E-state index in [9.17, 15) is 0 Å². The van der Waals surface area contributed by atoms with Crippen molar-refractivity contribution in [1.82, 2.24) is 4.57 Å². The first-order valence-electron chi connectivity index (χ1n) is 5.86. The first-order valence-corrected chi connectivity index (χ1v) is 5.86. The molecule has 2 rings (SSSR count). The maximum absolute atomic E-state index is 2.24. The minimum atomic E-state index is 1.18. The van der Waals surface area contributed by atoms with Gasteiger partial charge < -0.3 is 4.57 Å². The Bertz CT molecular complexity index is 412. The Kier molecular flexibility index (Phi) is 4.41. The van der Waals surface area contributed by atoms with Gasteiger partial charge in [-0.15, -0.1) is 0 Å². The smallest absolute Gasteiger partial charge is 0.0480 e. The maximum atomic E-state index is 2.24. The summed E-state index contributed by atoms with van der Waals surface area (Å²) in [5.74, 6) is 0. The van der Waals surface area contributed by atoms with Gasteiger partial charge in [-0.1, -0.05) is 45.4 Å². The quantitative estimate of drug-likeness (QED) is 0.690. The SMILES string of the molecule is CC.CCCc1cn(C)c2ccccc12. The Labute approximate surface area is 92.7 Å². The summed E-state index contributed by atoms with van der Waals surface area (Å²) in [5, 5.41) is 1.41. The fourth-order valence-electron chi connectivity index (χ4n) is 1.89. The number of aryl methyl sites for hydroxylation is 2.